The van der Waals surface area contributed by atoms with Gasteiger partial charge in [0, 0.05) is 30.1 Å². The highest BCUT2D eigenvalue weighted by atomic mass is 16.5. The van der Waals surface area contributed by atoms with E-state index < -0.39 is 0 Å². The second-order valence-corrected chi connectivity index (χ2v) is 6.36. The molecule has 2 aliphatic carbocycles. The van der Waals surface area contributed by atoms with Crippen molar-refractivity contribution in [2.75, 3.05) is 24.2 Å². The second kappa shape index (κ2) is 5.94. The minimum absolute atomic E-state index is 0.746. The van der Waals surface area contributed by atoms with Crippen molar-refractivity contribution in [3.05, 3.63) is 18.2 Å². The molecule has 1 aromatic rings. The highest BCUT2D eigenvalue weighted by Crippen LogP contribution is 2.49. The Morgan fingerprint density at radius 2 is 1.90 bits per heavy atom. The van der Waals surface area contributed by atoms with Crippen molar-refractivity contribution < 1.29 is 4.74 Å². The summed E-state index contributed by atoms with van der Waals surface area (Å²) in [6.07, 6.45) is 6.76. The van der Waals surface area contributed by atoms with Crippen LogP contribution in [-0.2, 0) is 0 Å². The van der Waals surface area contributed by atoms with Crippen molar-refractivity contribution in [2.45, 2.75) is 39.0 Å². The molecule has 2 aliphatic rings. The molecule has 0 bridgehead atoms. The number of anilines is 2. The van der Waals surface area contributed by atoms with Gasteiger partial charge in [-0.25, -0.2) is 0 Å². The van der Waals surface area contributed by atoms with Crippen LogP contribution >= 0.6 is 0 Å². The maximum atomic E-state index is 5.96. The van der Waals surface area contributed by atoms with Crippen molar-refractivity contribution in [3.63, 3.8) is 0 Å². The van der Waals surface area contributed by atoms with Gasteiger partial charge in [0.15, 0.2) is 0 Å². The first kappa shape index (κ1) is 13.6. The van der Waals surface area contributed by atoms with Gasteiger partial charge in [-0.2, -0.15) is 0 Å². The molecule has 0 atom stereocenters. The molecule has 0 saturated heterocycles. The summed E-state index contributed by atoms with van der Waals surface area (Å²) in [5, 5.41) is 3.59. The predicted octanol–water partition coefficient (Wildman–Crippen LogP) is 3.91. The van der Waals surface area contributed by atoms with E-state index in [9.17, 15) is 0 Å². The van der Waals surface area contributed by atoms with Gasteiger partial charge in [-0.1, -0.05) is 6.92 Å². The highest BCUT2D eigenvalue weighted by molar-refractivity contribution is 5.59. The first-order valence-corrected chi connectivity index (χ1v) is 8.03. The van der Waals surface area contributed by atoms with Crippen LogP contribution in [-0.4, -0.2) is 13.2 Å². The Labute approximate surface area is 121 Å². The van der Waals surface area contributed by atoms with Gasteiger partial charge in [0.2, 0.25) is 0 Å². The lowest BCUT2D eigenvalue weighted by molar-refractivity contribution is 0.317. The van der Waals surface area contributed by atoms with Gasteiger partial charge in [0.1, 0.15) is 5.75 Å². The summed E-state index contributed by atoms with van der Waals surface area (Å²) >= 11 is 0. The molecule has 3 nitrogen and oxygen atoms in total. The third-order valence-electron chi connectivity index (χ3n) is 4.40. The largest absolute Gasteiger partial charge is 0.493 e. The molecular formula is C17H26N2O. The van der Waals surface area contributed by atoms with E-state index in [4.69, 9.17) is 10.5 Å². The monoisotopic (exact) mass is 274 g/mol. The molecule has 0 radical (unpaired) electrons. The van der Waals surface area contributed by atoms with Crippen molar-refractivity contribution in [2.24, 2.45) is 17.8 Å². The minimum atomic E-state index is 0.746. The zero-order valence-corrected chi connectivity index (χ0v) is 12.4. The molecule has 3 rings (SSSR count). The van der Waals surface area contributed by atoms with Gasteiger partial charge >= 0.3 is 0 Å². The van der Waals surface area contributed by atoms with Crippen molar-refractivity contribution >= 4 is 11.4 Å². The van der Waals surface area contributed by atoms with Crippen molar-refractivity contribution in [1.29, 1.82) is 0 Å². The zero-order chi connectivity index (χ0) is 13.9. The first-order valence-electron chi connectivity index (χ1n) is 8.03. The Morgan fingerprint density at radius 3 is 2.50 bits per heavy atom. The number of ether oxygens (including phenoxy) is 1. The van der Waals surface area contributed by atoms with Crippen LogP contribution in [0.3, 0.4) is 0 Å². The Morgan fingerprint density at radius 1 is 1.20 bits per heavy atom. The Hall–Kier alpha value is -1.38. The highest BCUT2D eigenvalue weighted by Gasteiger charge is 2.40. The molecule has 0 heterocycles. The third-order valence-corrected chi connectivity index (χ3v) is 4.40. The lowest BCUT2D eigenvalue weighted by atomic mass is 9.98. The van der Waals surface area contributed by atoms with E-state index in [1.165, 1.54) is 25.7 Å². The van der Waals surface area contributed by atoms with E-state index in [1.54, 1.807) is 0 Å². The topological polar surface area (TPSA) is 47.3 Å². The van der Waals surface area contributed by atoms with Crippen LogP contribution in [0.15, 0.2) is 18.2 Å². The molecule has 110 valence electrons. The second-order valence-electron chi connectivity index (χ2n) is 6.36. The maximum absolute atomic E-state index is 5.96. The fourth-order valence-corrected chi connectivity index (χ4v) is 3.03. The fourth-order valence-electron chi connectivity index (χ4n) is 3.03. The summed E-state index contributed by atoms with van der Waals surface area (Å²) in [4.78, 5) is 0. The quantitative estimate of drug-likeness (QED) is 0.707. The molecule has 0 aliphatic heterocycles. The molecular weight excluding hydrogens is 248 g/mol. The third kappa shape index (κ3) is 3.59. The Balaban J connectivity index is 1.59. The smallest absolute Gasteiger partial charge is 0.123 e. The van der Waals surface area contributed by atoms with Gasteiger partial charge in [-0.05, 0) is 55.9 Å². The van der Waals surface area contributed by atoms with Crippen molar-refractivity contribution in [3.8, 4) is 5.75 Å². The number of nitrogens with one attached hydrogen (secondary N) is 1. The molecule has 0 amide bonds. The average Bonchev–Trinajstić information content (AvgIpc) is 3.28. The van der Waals surface area contributed by atoms with E-state index in [0.29, 0.717) is 0 Å². The number of hydrogen-bond acceptors (Lipinski definition) is 3. The average molecular weight is 274 g/mol. The van der Waals surface area contributed by atoms with Crippen LogP contribution in [0.4, 0.5) is 11.4 Å². The number of rotatable bonds is 8. The number of hydrogen-bond donors (Lipinski definition) is 2. The lowest BCUT2D eigenvalue weighted by Gasteiger charge is -2.18. The van der Waals surface area contributed by atoms with Gasteiger partial charge in [-0.3, -0.25) is 0 Å². The summed E-state index contributed by atoms with van der Waals surface area (Å²) in [6.45, 7) is 3.95. The van der Waals surface area contributed by atoms with Crippen LogP contribution in [0, 0.1) is 17.8 Å². The lowest BCUT2D eigenvalue weighted by Crippen LogP contribution is -2.18. The molecule has 3 N–H and O–H groups in total. The number of nitrogens with two attached hydrogens (primary N) is 1. The molecule has 2 fully saturated rings. The molecule has 0 spiro atoms. The van der Waals surface area contributed by atoms with Gasteiger partial charge in [0.25, 0.3) is 0 Å². The van der Waals surface area contributed by atoms with E-state index >= 15 is 0 Å². The van der Waals surface area contributed by atoms with Crippen molar-refractivity contribution in [1.82, 2.24) is 0 Å². The summed E-state index contributed by atoms with van der Waals surface area (Å²) in [5.74, 6) is 3.71. The molecule has 0 aromatic heterocycles. The number of nitrogen functional groups attached to an aromatic ring is 1. The van der Waals surface area contributed by atoms with Gasteiger partial charge in [0.05, 0.1) is 6.61 Å². The first-order chi connectivity index (χ1) is 9.76. The van der Waals surface area contributed by atoms with Gasteiger partial charge < -0.3 is 15.8 Å². The SMILES string of the molecule is CCCOc1cc(N)cc(NCC(C2CC2)C2CC2)c1. The van der Waals surface area contributed by atoms with E-state index in [1.807, 2.05) is 12.1 Å². The molecule has 2 saturated carbocycles. The fraction of sp³-hybridized carbons (Fsp3) is 0.647. The minimum Gasteiger partial charge on any atom is -0.493 e. The predicted molar refractivity (Wildman–Crippen MR) is 84.1 cm³/mol. The summed E-state index contributed by atoms with van der Waals surface area (Å²) in [5.41, 5.74) is 7.83. The van der Waals surface area contributed by atoms with Crippen LogP contribution in [0.1, 0.15) is 39.0 Å². The summed E-state index contributed by atoms with van der Waals surface area (Å²) in [7, 11) is 0. The molecule has 3 heteroatoms. The van der Waals surface area contributed by atoms with Crippen LogP contribution in [0.2, 0.25) is 0 Å². The van der Waals surface area contributed by atoms with E-state index in [-0.39, 0.29) is 0 Å². The number of benzene rings is 1. The summed E-state index contributed by atoms with van der Waals surface area (Å²) < 4.78 is 5.68. The molecule has 0 unspecified atom stereocenters. The van der Waals surface area contributed by atoms with Crippen LogP contribution in [0.25, 0.3) is 0 Å². The Kier molecular flexibility index (Phi) is 4.04. The van der Waals surface area contributed by atoms with Crippen LogP contribution in [0.5, 0.6) is 5.75 Å². The van der Waals surface area contributed by atoms with E-state index in [2.05, 4.69) is 18.3 Å². The molecule has 1 aromatic carbocycles. The van der Waals surface area contributed by atoms with E-state index in [0.717, 1.165) is 54.5 Å². The molecule has 20 heavy (non-hydrogen) atoms. The normalized spacial score (nSPS) is 18.3. The zero-order valence-electron chi connectivity index (χ0n) is 12.4. The standard InChI is InChI=1S/C17H26N2O/c1-2-7-20-16-9-14(18)8-15(10-16)19-11-17(12-3-4-12)13-5-6-13/h8-10,12-13,17,19H,2-7,11,18H2,1H3. The van der Waals surface area contributed by atoms with Crippen LogP contribution < -0.4 is 15.8 Å². The Bertz CT molecular complexity index is 440. The van der Waals surface area contributed by atoms with Gasteiger partial charge in [-0.15, -0.1) is 0 Å². The summed E-state index contributed by atoms with van der Waals surface area (Å²) in [6, 6.07) is 5.98. The maximum Gasteiger partial charge on any atom is 0.123 e.